The van der Waals surface area contributed by atoms with E-state index in [0.29, 0.717) is 17.5 Å². The molecule has 0 bridgehead atoms. The standard InChI is InChI=1S/C10H8BrClN2O/c11-9-3-6(12)1-2-8(9)10-14-7(4-13)5-15-10/h1-3,5H,4,13H2. The van der Waals surface area contributed by atoms with Crippen molar-refractivity contribution in [1.82, 2.24) is 4.98 Å². The number of hydrogen-bond donors (Lipinski definition) is 1. The van der Waals surface area contributed by atoms with E-state index in [1.807, 2.05) is 6.07 Å². The molecular formula is C10H8BrClN2O. The van der Waals surface area contributed by atoms with Crippen LogP contribution in [0.3, 0.4) is 0 Å². The largest absolute Gasteiger partial charge is 0.444 e. The second kappa shape index (κ2) is 4.35. The Bertz CT molecular complexity index is 484. The van der Waals surface area contributed by atoms with Crippen LogP contribution in [0.2, 0.25) is 5.02 Å². The van der Waals surface area contributed by atoms with Gasteiger partial charge >= 0.3 is 0 Å². The molecule has 0 fully saturated rings. The molecule has 0 aliphatic heterocycles. The molecule has 2 N–H and O–H groups in total. The molecule has 3 nitrogen and oxygen atoms in total. The van der Waals surface area contributed by atoms with E-state index in [0.717, 1.165) is 15.7 Å². The van der Waals surface area contributed by atoms with Crippen LogP contribution < -0.4 is 5.73 Å². The smallest absolute Gasteiger partial charge is 0.227 e. The molecule has 15 heavy (non-hydrogen) atoms. The van der Waals surface area contributed by atoms with Crippen LogP contribution in [0.1, 0.15) is 5.69 Å². The number of nitrogens with two attached hydrogens (primary N) is 1. The molecule has 1 aromatic heterocycles. The zero-order chi connectivity index (χ0) is 10.8. The molecule has 0 saturated carbocycles. The number of aromatic nitrogens is 1. The third kappa shape index (κ3) is 2.22. The molecule has 1 aromatic carbocycles. The average molecular weight is 288 g/mol. The summed E-state index contributed by atoms with van der Waals surface area (Å²) in [5.41, 5.74) is 7.04. The molecule has 0 aliphatic rings. The normalized spacial score (nSPS) is 10.6. The Labute approximate surface area is 100 Å². The molecule has 0 radical (unpaired) electrons. The topological polar surface area (TPSA) is 52.0 Å². The highest BCUT2D eigenvalue weighted by atomic mass is 79.9. The van der Waals surface area contributed by atoms with Crippen LogP contribution >= 0.6 is 27.5 Å². The summed E-state index contributed by atoms with van der Waals surface area (Å²) in [6.07, 6.45) is 1.55. The van der Waals surface area contributed by atoms with Crippen LogP contribution in [0, 0.1) is 0 Å². The number of hydrogen-bond acceptors (Lipinski definition) is 3. The highest BCUT2D eigenvalue weighted by Crippen LogP contribution is 2.29. The van der Waals surface area contributed by atoms with Crippen LogP contribution in [0.4, 0.5) is 0 Å². The molecule has 0 aliphatic carbocycles. The fourth-order valence-corrected chi connectivity index (χ4v) is 2.04. The van der Waals surface area contributed by atoms with Crippen molar-refractivity contribution in [1.29, 1.82) is 0 Å². The molecule has 78 valence electrons. The highest BCUT2D eigenvalue weighted by molar-refractivity contribution is 9.10. The molecule has 0 unspecified atom stereocenters. The van der Waals surface area contributed by atoms with Crippen molar-refractivity contribution in [2.24, 2.45) is 5.73 Å². The van der Waals surface area contributed by atoms with Gasteiger partial charge in [0.1, 0.15) is 6.26 Å². The molecule has 0 atom stereocenters. The van der Waals surface area contributed by atoms with Gasteiger partial charge in [-0.3, -0.25) is 0 Å². The SMILES string of the molecule is NCc1coc(-c2ccc(Cl)cc2Br)n1. The zero-order valence-corrected chi connectivity index (χ0v) is 10.0. The predicted molar refractivity (Wildman–Crippen MR) is 62.5 cm³/mol. The Morgan fingerprint density at radius 2 is 2.27 bits per heavy atom. The number of halogens is 2. The first-order chi connectivity index (χ1) is 7.20. The summed E-state index contributed by atoms with van der Waals surface area (Å²) >= 11 is 9.24. The van der Waals surface area contributed by atoms with Crippen LogP contribution in [0.25, 0.3) is 11.5 Å². The lowest BCUT2D eigenvalue weighted by atomic mass is 10.2. The highest BCUT2D eigenvalue weighted by Gasteiger charge is 2.09. The maximum Gasteiger partial charge on any atom is 0.227 e. The Morgan fingerprint density at radius 3 is 2.87 bits per heavy atom. The van der Waals surface area contributed by atoms with Gasteiger partial charge in [-0.1, -0.05) is 11.6 Å². The minimum absolute atomic E-state index is 0.370. The van der Waals surface area contributed by atoms with Crippen molar-refractivity contribution in [2.45, 2.75) is 6.54 Å². The molecule has 2 aromatic rings. The van der Waals surface area contributed by atoms with Crippen molar-refractivity contribution in [2.75, 3.05) is 0 Å². The van der Waals surface area contributed by atoms with Gasteiger partial charge in [0.25, 0.3) is 0 Å². The Morgan fingerprint density at radius 1 is 1.47 bits per heavy atom. The van der Waals surface area contributed by atoms with Crippen LogP contribution in [0.5, 0.6) is 0 Å². The molecule has 1 heterocycles. The van der Waals surface area contributed by atoms with E-state index in [1.54, 1.807) is 18.4 Å². The first-order valence-electron chi connectivity index (χ1n) is 4.30. The monoisotopic (exact) mass is 286 g/mol. The fraction of sp³-hybridized carbons (Fsp3) is 0.100. The minimum Gasteiger partial charge on any atom is -0.444 e. The number of oxazole rings is 1. The maximum absolute atomic E-state index is 5.84. The lowest BCUT2D eigenvalue weighted by molar-refractivity contribution is 0.572. The summed E-state index contributed by atoms with van der Waals surface area (Å²) in [6.45, 7) is 0.370. The number of rotatable bonds is 2. The summed E-state index contributed by atoms with van der Waals surface area (Å²) in [4.78, 5) is 4.22. The first kappa shape index (κ1) is 10.7. The Balaban J connectivity index is 2.44. The van der Waals surface area contributed by atoms with Crippen molar-refractivity contribution in [3.05, 3.63) is 39.7 Å². The average Bonchev–Trinajstić information content (AvgIpc) is 2.66. The van der Waals surface area contributed by atoms with E-state index in [4.69, 9.17) is 21.8 Å². The third-order valence-electron chi connectivity index (χ3n) is 1.92. The van der Waals surface area contributed by atoms with Gasteiger partial charge in [0.05, 0.1) is 11.3 Å². The van der Waals surface area contributed by atoms with Gasteiger partial charge in [0, 0.05) is 16.0 Å². The van der Waals surface area contributed by atoms with Crippen LogP contribution in [-0.4, -0.2) is 4.98 Å². The predicted octanol–water partition coefficient (Wildman–Crippen LogP) is 3.22. The molecule has 0 spiro atoms. The van der Waals surface area contributed by atoms with Crippen molar-refractivity contribution < 1.29 is 4.42 Å². The lowest BCUT2D eigenvalue weighted by Crippen LogP contribution is -1.95. The number of benzene rings is 1. The second-order valence-electron chi connectivity index (χ2n) is 2.97. The zero-order valence-electron chi connectivity index (χ0n) is 7.71. The maximum atomic E-state index is 5.84. The molecule has 2 rings (SSSR count). The van der Waals surface area contributed by atoms with Gasteiger partial charge in [0.15, 0.2) is 0 Å². The minimum atomic E-state index is 0.370. The quantitative estimate of drug-likeness (QED) is 0.922. The lowest BCUT2D eigenvalue weighted by Gasteiger charge is -1.99. The van der Waals surface area contributed by atoms with Gasteiger partial charge in [-0.25, -0.2) is 4.98 Å². The molecular weight excluding hydrogens is 279 g/mol. The second-order valence-corrected chi connectivity index (χ2v) is 4.26. The van der Waals surface area contributed by atoms with Gasteiger partial charge in [-0.05, 0) is 34.1 Å². The molecule has 0 saturated heterocycles. The van der Waals surface area contributed by atoms with E-state index in [2.05, 4.69) is 20.9 Å². The van der Waals surface area contributed by atoms with Crippen molar-refractivity contribution in [3.8, 4) is 11.5 Å². The third-order valence-corrected chi connectivity index (χ3v) is 2.81. The van der Waals surface area contributed by atoms with Crippen molar-refractivity contribution >= 4 is 27.5 Å². The number of nitrogens with zero attached hydrogens (tertiary/aromatic N) is 1. The summed E-state index contributed by atoms with van der Waals surface area (Å²) in [6, 6.07) is 5.43. The Kier molecular flexibility index (Phi) is 3.09. The van der Waals surface area contributed by atoms with E-state index in [9.17, 15) is 0 Å². The fourth-order valence-electron chi connectivity index (χ4n) is 1.19. The van der Waals surface area contributed by atoms with Gasteiger partial charge < -0.3 is 10.2 Å². The molecule has 0 amide bonds. The van der Waals surface area contributed by atoms with Gasteiger partial charge in [-0.15, -0.1) is 0 Å². The summed E-state index contributed by atoms with van der Waals surface area (Å²) in [5.74, 6) is 0.541. The van der Waals surface area contributed by atoms with E-state index >= 15 is 0 Å². The summed E-state index contributed by atoms with van der Waals surface area (Å²) in [5, 5.41) is 0.663. The first-order valence-corrected chi connectivity index (χ1v) is 5.47. The summed E-state index contributed by atoms with van der Waals surface area (Å²) < 4.78 is 6.15. The van der Waals surface area contributed by atoms with Gasteiger partial charge in [0.2, 0.25) is 5.89 Å². The summed E-state index contributed by atoms with van der Waals surface area (Å²) in [7, 11) is 0. The van der Waals surface area contributed by atoms with Gasteiger partial charge in [-0.2, -0.15) is 0 Å². The van der Waals surface area contributed by atoms with E-state index in [1.165, 1.54) is 0 Å². The Hall–Kier alpha value is -0.840. The van der Waals surface area contributed by atoms with Crippen LogP contribution in [-0.2, 0) is 6.54 Å². The van der Waals surface area contributed by atoms with E-state index < -0.39 is 0 Å². The molecule has 5 heteroatoms. The van der Waals surface area contributed by atoms with E-state index in [-0.39, 0.29) is 0 Å². The van der Waals surface area contributed by atoms with Crippen LogP contribution in [0.15, 0.2) is 33.4 Å². The van der Waals surface area contributed by atoms with Crippen molar-refractivity contribution in [3.63, 3.8) is 0 Å².